The fourth-order valence-corrected chi connectivity index (χ4v) is 2.14. The van der Waals surface area contributed by atoms with Crippen LogP contribution in [0.2, 0.25) is 0 Å². The van der Waals surface area contributed by atoms with Gasteiger partial charge in [0.2, 0.25) is 0 Å². The molecular formula is C11H15N3S. The molecule has 0 N–H and O–H groups in total. The summed E-state index contributed by atoms with van der Waals surface area (Å²) in [6.45, 7) is 5.46. The van der Waals surface area contributed by atoms with Crippen molar-refractivity contribution in [1.82, 2.24) is 14.8 Å². The molecular weight excluding hydrogens is 206 g/mol. The molecule has 0 aliphatic rings. The lowest BCUT2D eigenvalue weighted by Crippen LogP contribution is -2.01. The molecule has 3 nitrogen and oxygen atoms in total. The predicted octanol–water partition coefficient (Wildman–Crippen LogP) is 3.05. The molecule has 2 rings (SSSR count). The van der Waals surface area contributed by atoms with Gasteiger partial charge in [0.25, 0.3) is 0 Å². The van der Waals surface area contributed by atoms with E-state index in [1.807, 2.05) is 12.4 Å². The first-order valence-corrected chi connectivity index (χ1v) is 6.07. The summed E-state index contributed by atoms with van der Waals surface area (Å²) in [5.41, 5.74) is 0. The van der Waals surface area contributed by atoms with Crippen LogP contribution in [0.4, 0.5) is 0 Å². The smallest absolute Gasteiger partial charge is 0.173 e. The lowest BCUT2D eigenvalue weighted by atomic mass is 10.1. The van der Waals surface area contributed by atoms with Gasteiger partial charge in [-0.3, -0.25) is 0 Å². The van der Waals surface area contributed by atoms with Gasteiger partial charge in [0, 0.05) is 6.54 Å². The first kappa shape index (κ1) is 10.4. The van der Waals surface area contributed by atoms with Crippen molar-refractivity contribution in [3.8, 4) is 10.7 Å². The Morgan fingerprint density at radius 3 is 3.00 bits per heavy atom. The molecule has 0 fully saturated rings. The number of nitrogens with zero attached hydrogens (tertiary/aromatic N) is 3. The average molecular weight is 221 g/mol. The molecule has 0 amide bonds. The van der Waals surface area contributed by atoms with Gasteiger partial charge in [0.15, 0.2) is 5.82 Å². The highest BCUT2D eigenvalue weighted by Gasteiger charge is 2.07. The van der Waals surface area contributed by atoms with Crippen LogP contribution in [0.25, 0.3) is 10.7 Å². The highest BCUT2D eigenvalue weighted by Crippen LogP contribution is 2.22. The quantitative estimate of drug-likeness (QED) is 0.794. The van der Waals surface area contributed by atoms with Gasteiger partial charge in [-0.05, 0) is 23.8 Å². The molecule has 0 saturated carbocycles. The Morgan fingerprint density at radius 2 is 2.33 bits per heavy atom. The monoisotopic (exact) mass is 221 g/mol. The Hall–Kier alpha value is -1.16. The third kappa shape index (κ3) is 2.45. The molecule has 0 aliphatic carbocycles. The fraction of sp³-hybridized carbons (Fsp3) is 0.455. The summed E-state index contributed by atoms with van der Waals surface area (Å²) in [4.78, 5) is 1.19. The number of hydrogen-bond acceptors (Lipinski definition) is 3. The Balaban J connectivity index is 2.16. The van der Waals surface area contributed by atoms with Gasteiger partial charge in [-0.2, -0.15) is 0 Å². The van der Waals surface area contributed by atoms with Crippen LogP contribution in [-0.4, -0.2) is 14.8 Å². The van der Waals surface area contributed by atoms with E-state index in [1.54, 1.807) is 11.3 Å². The second-order valence-corrected chi connectivity index (χ2v) is 4.96. The molecule has 0 spiro atoms. The number of rotatable bonds is 4. The minimum absolute atomic E-state index is 0.712. The van der Waals surface area contributed by atoms with Gasteiger partial charge in [0.1, 0.15) is 6.33 Å². The van der Waals surface area contributed by atoms with Crippen LogP contribution in [0, 0.1) is 5.92 Å². The van der Waals surface area contributed by atoms with Crippen molar-refractivity contribution in [2.45, 2.75) is 26.8 Å². The van der Waals surface area contributed by atoms with E-state index < -0.39 is 0 Å². The van der Waals surface area contributed by atoms with Crippen LogP contribution >= 0.6 is 11.3 Å². The third-order valence-electron chi connectivity index (χ3n) is 2.30. The Kier molecular flexibility index (Phi) is 3.16. The molecule has 0 radical (unpaired) electrons. The van der Waals surface area contributed by atoms with E-state index in [0.29, 0.717) is 5.92 Å². The highest BCUT2D eigenvalue weighted by molar-refractivity contribution is 7.13. The van der Waals surface area contributed by atoms with E-state index in [9.17, 15) is 0 Å². The van der Waals surface area contributed by atoms with Crippen LogP contribution < -0.4 is 0 Å². The molecule has 0 aliphatic heterocycles. The average Bonchev–Trinajstić information content (AvgIpc) is 2.85. The second kappa shape index (κ2) is 4.57. The summed E-state index contributed by atoms with van der Waals surface area (Å²) >= 11 is 1.71. The van der Waals surface area contributed by atoms with Crippen molar-refractivity contribution < 1.29 is 0 Å². The van der Waals surface area contributed by atoms with E-state index in [4.69, 9.17) is 0 Å². The minimum Gasteiger partial charge on any atom is -0.313 e. The SMILES string of the molecule is CC(C)CCn1cnnc1-c1cccs1. The van der Waals surface area contributed by atoms with E-state index in [0.717, 1.165) is 18.8 Å². The number of aryl methyl sites for hydroxylation is 1. The molecule has 0 saturated heterocycles. The predicted molar refractivity (Wildman–Crippen MR) is 62.8 cm³/mol. The summed E-state index contributed by atoms with van der Waals surface area (Å²) in [5.74, 6) is 1.70. The molecule has 0 bridgehead atoms. The Bertz CT molecular complexity index is 403. The van der Waals surface area contributed by atoms with Gasteiger partial charge in [-0.25, -0.2) is 0 Å². The molecule has 0 atom stereocenters. The summed E-state index contributed by atoms with van der Waals surface area (Å²) in [6.07, 6.45) is 2.98. The van der Waals surface area contributed by atoms with Crippen molar-refractivity contribution >= 4 is 11.3 Å². The Morgan fingerprint density at radius 1 is 1.47 bits per heavy atom. The zero-order chi connectivity index (χ0) is 10.7. The fourth-order valence-electron chi connectivity index (χ4n) is 1.41. The third-order valence-corrected chi connectivity index (χ3v) is 3.17. The summed E-state index contributed by atoms with van der Waals surface area (Å²) in [6, 6.07) is 4.13. The molecule has 80 valence electrons. The van der Waals surface area contributed by atoms with Crippen LogP contribution in [0.1, 0.15) is 20.3 Å². The molecule has 2 aromatic heterocycles. The lowest BCUT2D eigenvalue weighted by Gasteiger charge is -2.07. The van der Waals surface area contributed by atoms with Crippen molar-refractivity contribution in [2.75, 3.05) is 0 Å². The zero-order valence-corrected chi connectivity index (χ0v) is 9.87. The molecule has 15 heavy (non-hydrogen) atoms. The van der Waals surface area contributed by atoms with E-state index >= 15 is 0 Å². The van der Waals surface area contributed by atoms with Gasteiger partial charge < -0.3 is 4.57 Å². The van der Waals surface area contributed by atoms with Gasteiger partial charge >= 0.3 is 0 Å². The van der Waals surface area contributed by atoms with Gasteiger partial charge in [0.05, 0.1) is 4.88 Å². The second-order valence-electron chi connectivity index (χ2n) is 4.01. The van der Waals surface area contributed by atoms with E-state index in [2.05, 4.69) is 40.1 Å². The molecule has 2 aromatic rings. The number of hydrogen-bond donors (Lipinski definition) is 0. The number of thiophene rings is 1. The minimum atomic E-state index is 0.712. The molecule has 0 unspecified atom stereocenters. The van der Waals surface area contributed by atoms with Crippen LogP contribution in [-0.2, 0) is 6.54 Å². The first-order chi connectivity index (χ1) is 7.27. The topological polar surface area (TPSA) is 30.7 Å². The maximum Gasteiger partial charge on any atom is 0.173 e. The van der Waals surface area contributed by atoms with Crippen LogP contribution in [0.15, 0.2) is 23.8 Å². The molecule has 4 heteroatoms. The zero-order valence-electron chi connectivity index (χ0n) is 9.05. The van der Waals surface area contributed by atoms with Crippen molar-refractivity contribution in [1.29, 1.82) is 0 Å². The Labute approximate surface area is 93.8 Å². The highest BCUT2D eigenvalue weighted by atomic mass is 32.1. The van der Waals surface area contributed by atoms with Gasteiger partial charge in [-0.15, -0.1) is 21.5 Å². The normalized spacial score (nSPS) is 11.1. The molecule has 0 aromatic carbocycles. The van der Waals surface area contributed by atoms with Crippen molar-refractivity contribution in [3.63, 3.8) is 0 Å². The summed E-state index contributed by atoms with van der Waals surface area (Å²) in [7, 11) is 0. The molecule has 2 heterocycles. The maximum atomic E-state index is 4.16. The van der Waals surface area contributed by atoms with Gasteiger partial charge in [-0.1, -0.05) is 19.9 Å². The van der Waals surface area contributed by atoms with E-state index in [1.165, 1.54) is 4.88 Å². The maximum absolute atomic E-state index is 4.16. The number of aromatic nitrogens is 3. The lowest BCUT2D eigenvalue weighted by molar-refractivity contribution is 0.518. The van der Waals surface area contributed by atoms with E-state index in [-0.39, 0.29) is 0 Å². The van der Waals surface area contributed by atoms with Crippen LogP contribution in [0.3, 0.4) is 0 Å². The standard InChI is InChI=1S/C11H15N3S/c1-9(2)5-6-14-8-12-13-11(14)10-4-3-7-15-10/h3-4,7-9H,5-6H2,1-2H3. The van der Waals surface area contributed by atoms with Crippen LogP contribution in [0.5, 0.6) is 0 Å². The van der Waals surface area contributed by atoms with Crippen molar-refractivity contribution in [2.24, 2.45) is 5.92 Å². The van der Waals surface area contributed by atoms with Crippen molar-refractivity contribution in [3.05, 3.63) is 23.8 Å². The summed E-state index contributed by atoms with van der Waals surface area (Å²) < 4.78 is 2.13. The first-order valence-electron chi connectivity index (χ1n) is 5.19. The largest absolute Gasteiger partial charge is 0.313 e. The summed E-state index contributed by atoms with van der Waals surface area (Å²) in [5, 5.41) is 10.2.